The average Bonchev–Trinajstić information content (AvgIpc) is 3.07. The third-order valence-electron chi connectivity index (χ3n) is 6.14. The highest BCUT2D eigenvalue weighted by Crippen LogP contribution is 2.51. The van der Waals surface area contributed by atoms with Crippen LogP contribution in [0.2, 0.25) is 0 Å². The van der Waals surface area contributed by atoms with Crippen molar-refractivity contribution in [3.63, 3.8) is 0 Å². The summed E-state index contributed by atoms with van der Waals surface area (Å²) < 4.78 is 18.4. The van der Waals surface area contributed by atoms with Crippen molar-refractivity contribution in [3.8, 4) is 0 Å². The number of para-hydroxylation sites is 2. The number of hydrogen-bond donors (Lipinski definition) is 0. The molecule has 30 heavy (non-hydrogen) atoms. The van der Waals surface area contributed by atoms with E-state index in [2.05, 4.69) is 101 Å². The molecule has 0 aliphatic carbocycles. The third-order valence-corrected chi connectivity index (χ3v) is 7.76. The Hall–Kier alpha value is -1.86. The molecule has 1 saturated heterocycles. The fraction of sp³-hybridized carbons (Fsp3) is 0.538. The molecule has 3 nitrogen and oxygen atoms in total. The van der Waals surface area contributed by atoms with Gasteiger partial charge in [0, 0.05) is 13.1 Å². The smallest absolute Gasteiger partial charge is 0.282 e. The van der Waals surface area contributed by atoms with E-state index in [1.807, 2.05) is 0 Å². The zero-order chi connectivity index (χ0) is 22.2. The van der Waals surface area contributed by atoms with Gasteiger partial charge in [-0.2, -0.15) is 0 Å². The fourth-order valence-corrected chi connectivity index (χ4v) is 6.09. The van der Waals surface area contributed by atoms with Gasteiger partial charge in [0.1, 0.15) is 0 Å². The number of rotatable bonds is 6. The molecule has 3 rings (SSSR count). The van der Waals surface area contributed by atoms with Crippen LogP contribution in [0.15, 0.2) is 36.4 Å². The molecule has 1 aliphatic heterocycles. The van der Waals surface area contributed by atoms with Gasteiger partial charge in [-0.15, -0.1) is 0 Å². The molecule has 0 saturated carbocycles. The van der Waals surface area contributed by atoms with Crippen molar-refractivity contribution in [2.75, 3.05) is 22.4 Å². The Kier molecular flexibility index (Phi) is 6.92. The lowest BCUT2D eigenvalue weighted by molar-refractivity contribution is 0.587. The highest BCUT2D eigenvalue weighted by atomic mass is 31.1. The zero-order valence-electron chi connectivity index (χ0n) is 19.9. The largest absolute Gasteiger partial charge is 0.286 e. The molecule has 0 N–H and O–H groups in total. The Morgan fingerprint density at radius 3 is 1.10 bits per heavy atom. The first-order chi connectivity index (χ1) is 14.1. The second kappa shape index (κ2) is 9.10. The van der Waals surface area contributed by atoms with E-state index in [1.54, 1.807) is 0 Å². The van der Waals surface area contributed by atoms with Gasteiger partial charge in [-0.1, -0.05) is 91.8 Å². The number of benzene rings is 2. The van der Waals surface area contributed by atoms with Crippen LogP contribution in [0.3, 0.4) is 0 Å². The monoisotopic (exact) mass is 425 g/mol. The minimum atomic E-state index is -1.69. The van der Waals surface area contributed by atoms with Crippen LogP contribution in [-0.2, 0) is 4.57 Å². The van der Waals surface area contributed by atoms with Crippen molar-refractivity contribution in [1.29, 1.82) is 0 Å². The van der Waals surface area contributed by atoms with Crippen molar-refractivity contribution in [2.45, 2.75) is 79.1 Å². The maximum Gasteiger partial charge on any atom is 0.286 e. The van der Waals surface area contributed by atoms with Crippen molar-refractivity contribution < 1.29 is 4.57 Å². The molecule has 1 fully saturated rings. The molecule has 1 heterocycles. The van der Waals surface area contributed by atoms with Gasteiger partial charge in [-0.3, -0.25) is 9.34 Å². The molecule has 0 amide bonds. The van der Waals surface area contributed by atoms with E-state index in [0.29, 0.717) is 23.7 Å². The Bertz CT molecular complexity index is 791. The van der Waals surface area contributed by atoms with Gasteiger partial charge >= 0.3 is 0 Å². The normalized spacial score (nSPS) is 14.9. The molecule has 163 valence electrons. The molecular weight excluding hydrogens is 387 g/mol. The first kappa shape index (κ1) is 22.8. The summed E-state index contributed by atoms with van der Waals surface area (Å²) in [6.45, 7) is 19.4. The standard InChI is InChI=1S/C26H38N2OP/c1-17(2)21-11-9-12-22(18(3)4)25(21)27-15-16-28(30(27)29)26-23(19(5)6)13-10-14-24(26)20(7)8/h9-14,17-20H,15-16H2,1-8H3. The molecule has 0 unspecified atom stereocenters. The van der Waals surface area contributed by atoms with Gasteiger partial charge < -0.3 is 0 Å². The van der Waals surface area contributed by atoms with Crippen LogP contribution >= 0.6 is 8.10 Å². The molecule has 0 atom stereocenters. The lowest BCUT2D eigenvalue weighted by Gasteiger charge is -2.29. The predicted octanol–water partition coefficient (Wildman–Crippen LogP) is 8.16. The van der Waals surface area contributed by atoms with Gasteiger partial charge in [-0.05, 0) is 45.9 Å². The molecular formula is C26H38N2OP. The summed E-state index contributed by atoms with van der Waals surface area (Å²) in [5.74, 6) is 1.58. The summed E-state index contributed by atoms with van der Waals surface area (Å²) in [7, 11) is -1.69. The van der Waals surface area contributed by atoms with Crippen LogP contribution in [-0.4, -0.2) is 13.1 Å². The molecule has 2 aromatic rings. The average molecular weight is 426 g/mol. The van der Waals surface area contributed by atoms with E-state index in [0.717, 1.165) is 13.1 Å². The van der Waals surface area contributed by atoms with Crippen LogP contribution in [0.5, 0.6) is 0 Å². The summed E-state index contributed by atoms with van der Waals surface area (Å²) in [4.78, 5) is 0. The van der Waals surface area contributed by atoms with Crippen molar-refractivity contribution in [3.05, 3.63) is 58.7 Å². The molecule has 1 radical (unpaired) electrons. The summed E-state index contributed by atoms with van der Waals surface area (Å²) in [5.41, 5.74) is 7.58. The Labute approximate surface area is 184 Å². The van der Waals surface area contributed by atoms with Gasteiger partial charge in [0.25, 0.3) is 8.10 Å². The molecule has 0 aromatic heterocycles. The van der Waals surface area contributed by atoms with Gasteiger partial charge in [-0.25, -0.2) is 4.57 Å². The van der Waals surface area contributed by atoms with Crippen LogP contribution in [0.25, 0.3) is 0 Å². The Morgan fingerprint density at radius 2 is 0.867 bits per heavy atom. The van der Waals surface area contributed by atoms with Gasteiger partial charge in [0.2, 0.25) is 0 Å². The molecule has 0 bridgehead atoms. The van der Waals surface area contributed by atoms with Crippen LogP contribution in [0.4, 0.5) is 11.4 Å². The highest BCUT2D eigenvalue weighted by Gasteiger charge is 2.36. The zero-order valence-corrected chi connectivity index (χ0v) is 20.8. The van der Waals surface area contributed by atoms with E-state index in [4.69, 9.17) is 0 Å². The lowest BCUT2D eigenvalue weighted by Crippen LogP contribution is -2.16. The van der Waals surface area contributed by atoms with E-state index in [9.17, 15) is 4.57 Å². The fourth-order valence-electron chi connectivity index (χ4n) is 4.51. The molecule has 2 aromatic carbocycles. The van der Waals surface area contributed by atoms with E-state index in [1.165, 1.54) is 33.6 Å². The van der Waals surface area contributed by atoms with Gasteiger partial charge in [0.05, 0.1) is 11.4 Å². The summed E-state index contributed by atoms with van der Waals surface area (Å²) >= 11 is 0. The van der Waals surface area contributed by atoms with Crippen LogP contribution in [0, 0.1) is 0 Å². The van der Waals surface area contributed by atoms with Crippen LogP contribution in [0.1, 0.15) is 101 Å². The summed E-state index contributed by atoms with van der Waals surface area (Å²) in [6, 6.07) is 13.1. The minimum absolute atomic E-state index is 0.394. The topological polar surface area (TPSA) is 23.6 Å². The number of nitrogens with zero attached hydrogens (tertiary/aromatic N) is 2. The highest BCUT2D eigenvalue weighted by molar-refractivity contribution is 7.49. The SMILES string of the molecule is CC(C)c1cccc(C(C)C)c1N1CCN(c2c(C(C)C)cccc2C(C)C)[P]1=O. The lowest BCUT2D eigenvalue weighted by atomic mass is 9.92. The number of hydrogen-bond acceptors (Lipinski definition) is 1. The molecule has 4 heteroatoms. The first-order valence-corrected chi connectivity index (χ1v) is 12.6. The molecule has 1 aliphatic rings. The second-order valence-electron chi connectivity index (χ2n) is 9.69. The third kappa shape index (κ3) is 4.14. The quantitative estimate of drug-likeness (QED) is 0.436. The van der Waals surface area contributed by atoms with Gasteiger partial charge in [0.15, 0.2) is 0 Å². The maximum absolute atomic E-state index is 14.0. The van der Waals surface area contributed by atoms with E-state index >= 15 is 0 Å². The first-order valence-electron chi connectivity index (χ1n) is 11.4. The second-order valence-corrected chi connectivity index (χ2v) is 11.2. The number of anilines is 2. The Balaban J connectivity index is 2.12. The van der Waals surface area contributed by atoms with Crippen molar-refractivity contribution in [2.24, 2.45) is 0 Å². The van der Waals surface area contributed by atoms with Crippen molar-refractivity contribution >= 4 is 19.5 Å². The Morgan fingerprint density at radius 1 is 0.600 bits per heavy atom. The minimum Gasteiger partial charge on any atom is -0.282 e. The van der Waals surface area contributed by atoms with Crippen LogP contribution < -0.4 is 9.34 Å². The maximum atomic E-state index is 14.0. The van der Waals surface area contributed by atoms with Crippen molar-refractivity contribution in [1.82, 2.24) is 0 Å². The molecule has 0 spiro atoms. The summed E-state index contributed by atoms with van der Waals surface area (Å²) in [6.07, 6.45) is 0. The van der Waals surface area contributed by atoms with E-state index in [-0.39, 0.29) is 0 Å². The van der Waals surface area contributed by atoms with E-state index < -0.39 is 8.10 Å². The predicted molar refractivity (Wildman–Crippen MR) is 132 cm³/mol. The summed E-state index contributed by atoms with van der Waals surface area (Å²) in [5, 5.41) is 0.